The topological polar surface area (TPSA) is 105 Å². The average Bonchev–Trinajstić information content (AvgIpc) is 3.76. The molecule has 3 fully saturated rings. The number of likely N-dealkylation sites (tertiary alicyclic amines) is 2. The molecule has 4 heterocycles. The maximum absolute atomic E-state index is 13.9. The molecule has 3 saturated heterocycles. The second-order valence-electron chi connectivity index (χ2n) is 11.9. The quantitative estimate of drug-likeness (QED) is 0.436. The number of aromatic nitrogens is 3. The van der Waals surface area contributed by atoms with Gasteiger partial charge in [-0.05, 0) is 86.5 Å². The third-order valence-electron chi connectivity index (χ3n) is 9.11. The Balaban J connectivity index is 1.14. The molecule has 3 aliphatic heterocycles. The Morgan fingerprint density at radius 2 is 1.83 bits per heavy atom. The van der Waals surface area contributed by atoms with Crippen LogP contribution in [0, 0.1) is 5.92 Å². The highest BCUT2D eigenvalue weighted by molar-refractivity contribution is 5.90. The van der Waals surface area contributed by atoms with Gasteiger partial charge in [0.25, 0.3) is 0 Å². The van der Waals surface area contributed by atoms with Gasteiger partial charge in [0.1, 0.15) is 17.3 Å². The zero-order chi connectivity index (χ0) is 28.3. The molecule has 6 rings (SSSR count). The number of methoxy groups -OCH3 is 1. The monoisotopic (exact) mass is 559 g/mol. The van der Waals surface area contributed by atoms with Gasteiger partial charge in [-0.15, -0.1) is 5.10 Å². The van der Waals surface area contributed by atoms with E-state index >= 15 is 0 Å². The fraction of sp³-hybridized carbons (Fsp3) is 0.548. The van der Waals surface area contributed by atoms with Crippen molar-refractivity contribution in [2.45, 2.75) is 63.2 Å². The first-order valence-electron chi connectivity index (χ1n) is 15.0. The lowest BCUT2D eigenvalue weighted by Gasteiger charge is -2.32. The number of aryl methyl sites for hydroxylation is 1. The number of amides is 2. The molecule has 10 nitrogen and oxygen atoms in total. The SMILES string of the molecule is COc1ccc(CC2CC(C(=O)NCc3ccc4c(c3)nnn4C)N(C(=O)C3CC(N4CCCCC4)CN3)C2)cc1. The summed E-state index contributed by atoms with van der Waals surface area (Å²) in [7, 11) is 3.52. The number of carbonyl (C=O) groups is 2. The number of nitrogens with one attached hydrogen (secondary N) is 2. The Labute approximate surface area is 241 Å². The minimum Gasteiger partial charge on any atom is -0.497 e. The molecule has 0 bridgehead atoms. The van der Waals surface area contributed by atoms with Crippen molar-refractivity contribution in [2.24, 2.45) is 13.0 Å². The molecule has 0 aliphatic carbocycles. The molecule has 2 amide bonds. The molecule has 2 N–H and O–H groups in total. The number of benzene rings is 2. The number of rotatable bonds is 8. The highest BCUT2D eigenvalue weighted by Gasteiger charge is 2.43. The lowest BCUT2D eigenvalue weighted by atomic mass is 9.96. The molecule has 3 aromatic rings. The molecule has 0 saturated carbocycles. The van der Waals surface area contributed by atoms with E-state index in [0.717, 1.165) is 54.8 Å². The van der Waals surface area contributed by atoms with Gasteiger partial charge in [-0.3, -0.25) is 14.5 Å². The van der Waals surface area contributed by atoms with E-state index in [1.807, 2.05) is 42.3 Å². The third kappa shape index (κ3) is 6.08. The van der Waals surface area contributed by atoms with Gasteiger partial charge >= 0.3 is 0 Å². The molecule has 41 heavy (non-hydrogen) atoms. The van der Waals surface area contributed by atoms with Crippen molar-refractivity contribution in [3.05, 3.63) is 53.6 Å². The van der Waals surface area contributed by atoms with Gasteiger partial charge in [-0.2, -0.15) is 0 Å². The molecule has 4 atom stereocenters. The van der Waals surface area contributed by atoms with Crippen molar-refractivity contribution in [1.82, 2.24) is 35.4 Å². The predicted molar refractivity (Wildman–Crippen MR) is 156 cm³/mol. The van der Waals surface area contributed by atoms with Gasteiger partial charge in [0.15, 0.2) is 0 Å². The van der Waals surface area contributed by atoms with E-state index < -0.39 is 6.04 Å². The highest BCUT2D eigenvalue weighted by Crippen LogP contribution is 2.30. The summed E-state index contributed by atoms with van der Waals surface area (Å²) in [5, 5.41) is 14.9. The van der Waals surface area contributed by atoms with Crippen LogP contribution in [0.3, 0.4) is 0 Å². The number of piperidine rings is 1. The highest BCUT2D eigenvalue weighted by atomic mass is 16.5. The van der Waals surface area contributed by atoms with Crippen LogP contribution in [0.15, 0.2) is 42.5 Å². The summed E-state index contributed by atoms with van der Waals surface area (Å²) >= 11 is 0. The minimum absolute atomic E-state index is 0.0582. The Morgan fingerprint density at radius 1 is 1.05 bits per heavy atom. The second-order valence-corrected chi connectivity index (χ2v) is 11.9. The first kappa shape index (κ1) is 27.7. The minimum atomic E-state index is -0.484. The van der Waals surface area contributed by atoms with E-state index in [2.05, 4.69) is 38.0 Å². The summed E-state index contributed by atoms with van der Waals surface area (Å²) < 4.78 is 7.04. The Kier molecular flexibility index (Phi) is 8.20. The normalized spacial score (nSPS) is 25.1. The number of fused-ring (bicyclic) bond motifs is 1. The first-order chi connectivity index (χ1) is 20.0. The number of hydrogen-bond acceptors (Lipinski definition) is 7. The van der Waals surface area contributed by atoms with Gasteiger partial charge in [-0.25, -0.2) is 4.68 Å². The molecule has 0 radical (unpaired) electrons. The largest absolute Gasteiger partial charge is 0.497 e. The molecule has 218 valence electrons. The maximum atomic E-state index is 13.9. The molecular formula is C31H41N7O3. The molecule has 1 aromatic heterocycles. The van der Waals surface area contributed by atoms with E-state index in [-0.39, 0.29) is 23.8 Å². The van der Waals surface area contributed by atoms with Crippen LogP contribution in [0.2, 0.25) is 0 Å². The number of hydrogen-bond donors (Lipinski definition) is 2. The second kappa shape index (κ2) is 12.2. The summed E-state index contributed by atoms with van der Waals surface area (Å²) in [6.45, 7) is 4.03. The fourth-order valence-corrected chi connectivity index (χ4v) is 6.83. The van der Waals surface area contributed by atoms with Crippen molar-refractivity contribution in [3.63, 3.8) is 0 Å². The number of carbonyl (C=O) groups excluding carboxylic acids is 2. The lowest BCUT2D eigenvalue weighted by Crippen LogP contribution is -2.51. The van der Waals surface area contributed by atoms with Crippen molar-refractivity contribution in [3.8, 4) is 5.75 Å². The molecule has 0 spiro atoms. The Morgan fingerprint density at radius 3 is 2.61 bits per heavy atom. The van der Waals surface area contributed by atoms with Gasteiger partial charge in [0.05, 0.1) is 18.7 Å². The average molecular weight is 560 g/mol. The van der Waals surface area contributed by atoms with Crippen LogP contribution < -0.4 is 15.4 Å². The summed E-state index contributed by atoms with van der Waals surface area (Å²) in [5.41, 5.74) is 3.89. The standard InChI is InChI=1S/C31H41N7O3/c1-36-28-11-8-22(15-26(28)34-35-36)18-33-30(39)29-16-23(14-21-6-9-25(41-2)10-7-21)20-38(29)31(40)27-17-24(19-32-27)37-12-4-3-5-13-37/h6-11,15,23-24,27,29,32H,3-5,12-14,16-20H2,1-2H3,(H,33,39). The summed E-state index contributed by atoms with van der Waals surface area (Å²) in [5.74, 6) is 0.992. The third-order valence-corrected chi connectivity index (χ3v) is 9.11. The van der Waals surface area contributed by atoms with Crippen molar-refractivity contribution in [1.29, 1.82) is 0 Å². The van der Waals surface area contributed by atoms with Crippen LogP contribution in [-0.2, 0) is 29.6 Å². The zero-order valence-corrected chi connectivity index (χ0v) is 24.1. The summed E-state index contributed by atoms with van der Waals surface area (Å²) in [4.78, 5) is 31.9. The zero-order valence-electron chi connectivity index (χ0n) is 24.1. The number of ether oxygens (including phenoxy) is 1. The van der Waals surface area contributed by atoms with E-state index in [0.29, 0.717) is 25.6 Å². The maximum Gasteiger partial charge on any atom is 0.243 e. The van der Waals surface area contributed by atoms with Crippen molar-refractivity contribution < 1.29 is 14.3 Å². The predicted octanol–water partition coefficient (Wildman–Crippen LogP) is 2.27. The number of nitrogens with zero attached hydrogens (tertiary/aromatic N) is 5. The summed E-state index contributed by atoms with van der Waals surface area (Å²) in [6, 6.07) is 13.7. The van der Waals surface area contributed by atoms with Crippen LogP contribution in [-0.4, -0.2) is 88.0 Å². The first-order valence-corrected chi connectivity index (χ1v) is 15.0. The van der Waals surface area contributed by atoms with Crippen molar-refractivity contribution >= 4 is 22.8 Å². The van der Waals surface area contributed by atoms with Crippen molar-refractivity contribution in [2.75, 3.05) is 33.3 Å². The van der Waals surface area contributed by atoms with Gasteiger partial charge in [-0.1, -0.05) is 29.8 Å². The molecule has 4 unspecified atom stereocenters. The van der Waals surface area contributed by atoms with Crippen LogP contribution >= 0.6 is 0 Å². The van der Waals surface area contributed by atoms with Gasteiger partial charge in [0, 0.05) is 32.7 Å². The summed E-state index contributed by atoms with van der Waals surface area (Å²) in [6.07, 6.45) is 6.04. The van der Waals surface area contributed by atoms with Gasteiger partial charge in [0.2, 0.25) is 11.8 Å². The van der Waals surface area contributed by atoms with E-state index in [9.17, 15) is 9.59 Å². The fourth-order valence-electron chi connectivity index (χ4n) is 6.83. The van der Waals surface area contributed by atoms with Crippen LogP contribution in [0.25, 0.3) is 11.0 Å². The van der Waals surface area contributed by atoms with E-state index in [1.54, 1.807) is 11.8 Å². The van der Waals surface area contributed by atoms with Crippen LogP contribution in [0.5, 0.6) is 5.75 Å². The van der Waals surface area contributed by atoms with Crippen LogP contribution in [0.4, 0.5) is 0 Å². The smallest absolute Gasteiger partial charge is 0.243 e. The van der Waals surface area contributed by atoms with Crippen LogP contribution in [0.1, 0.15) is 43.2 Å². The van der Waals surface area contributed by atoms with E-state index in [4.69, 9.17) is 4.74 Å². The lowest BCUT2D eigenvalue weighted by molar-refractivity contribution is -0.139. The van der Waals surface area contributed by atoms with Gasteiger partial charge < -0.3 is 20.3 Å². The Hall–Kier alpha value is -3.50. The Bertz CT molecular complexity index is 1370. The molecule has 10 heteroatoms. The molecular weight excluding hydrogens is 518 g/mol. The molecule has 2 aromatic carbocycles. The van der Waals surface area contributed by atoms with E-state index in [1.165, 1.54) is 24.8 Å². The molecule has 3 aliphatic rings.